The number of fused-ring (bicyclic) bond motifs is 1. The molecule has 2 heterocycles. The third kappa shape index (κ3) is 4.67. The first kappa shape index (κ1) is 22.7. The molecule has 0 unspecified atom stereocenters. The molecule has 4 aromatic rings. The SMILES string of the molecule is COc1ccc(C(=O)NCC(=O)c2cc(Cl)cc(-c3csc4c(F)cccc34)n2)cc1OC. The second kappa shape index (κ2) is 9.56. The number of ether oxygens (including phenoxy) is 2. The summed E-state index contributed by atoms with van der Waals surface area (Å²) in [5, 5.41) is 5.36. The number of benzene rings is 2. The van der Waals surface area contributed by atoms with E-state index in [2.05, 4.69) is 10.3 Å². The fraction of sp³-hybridized carbons (Fsp3) is 0.125. The number of Topliss-reactive ketones (excluding diaryl/α,β-unsaturated/α-hetero) is 1. The molecule has 0 aliphatic rings. The number of nitrogens with zero attached hydrogens (tertiary/aromatic N) is 1. The van der Waals surface area contributed by atoms with Gasteiger partial charge in [0, 0.05) is 26.9 Å². The van der Waals surface area contributed by atoms with E-state index in [0.29, 0.717) is 43.4 Å². The molecule has 0 atom stereocenters. The third-order valence-electron chi connectivity index (χ3n) is 4.96. The van der Waals surface area contributed by atoms with E-state index < -0.39 is 11.7 Å². The second-order valence-electron chi connectivity index (χ2n) is 7.00. The second-order valence-corrected chi connectivity index (χ2v) is 8.31. The fourth-order valence-electron chi connectivity index (χ4n) is 3.33. The van der Waals surface area contributed by atoms with Gasteiger partial charge in [0.25, 0.3) is 5.91 Å². The van der Waals surface area contributed by atoms with Crippen LogP contribution in [-0.2, 0) is 0 Å². The van der Waals surface area contributed by atoms with E-state index in [4.69, 9.17) is 21.1 Å². The van der Waals surface area contributed by atoms with Crippen LogP contribution in [0.1, 0.15) is 20.8 Å². The van der Waals surface area contributed by atoms with Gasteiger partial charge >= 0.3 is 0 Å². The summed E-state index contributed by atoms with van der Waals surface area (Å²) in [4.78, 5) is 29.7. The van der Waals surface area contributed by atoms with Gasteiger partial charge in [0.05, 0.1) is 31.2 Å². The average molecular weight is 485 g/mol. The van der Waals surface area contributed by atoms with Crippen LogP contribution in [-0.4, -0.2) is 37.4 Å². The molecule has 33 heavy (non-hydrogen) atoms. The lowest BCUT2D eigenvalue weighted by atomic mass is 10.1. The van der Waals surface area contributed by atoms with Crippen molar-refractivity contribution in [3.05, 3.63) is 76.0 Å². The number of hydrogen-bond acceptors (Lipinski definition) is 6. The number of aromatic nitrogens is 1. The highest BCUT2D eigenvalue weighted by Crippen LogP contribution is 2.35. The number of methoxy groups -OCH3 is 2. The maximum atomic E-state index is 14.1. The summed E-state index contributed by atoms with van der Waals surface area (Å²) in [6, 6.07) is 12.6. The van der Waals surface area contributed by atoms with Crippen molar-refractivity contribution in [2.24, 2.45) is 0 Å². The van der Waals surface area contributed by atoms with Crippen LogP contribution in [0.2, 0.25) is 5.02 Å². The predicted octanol–water partition coefficient (Wildman–Crippen LogP) is 5.39. The zero-order valence-electron chi connectivity index (χ0n) is 17.6. The summed E-state index contributed by atoms with van der Waals surface area (Å²) >= 11 is 7.49. The van der Waals surface area contributed by atoms with Gasteiger partial charge in [-0.25, -0.2) is 9.37 Å². The number of nitrogens with one attached hydrogen (secondary N) is 1. The Kier molecular flexibility index (Phi) is 6.57. The quantitative estimate of drug-likeness (QED) is 0.356. The molecule has 0 aliphatic heterocycles. The maximum absolute atomic E-state index is 14.1. The van der Waals surface area contributed by atoms with Gasteiger partial charge < -0.3 is 14.8 Å². The van der Waals surface area contributed by atoms with Crippen LogP contribution in [0.3, 0.4) is 0 Å². The average Bonchev–Trinajstić information content (AvgIpc) is 3.27. The molecule has 0 spiro atoms. The minimum Gasteiger partial charge on any atom is -0.493 e. The molecule has 0 saturated carbocycles. The Balaban J connectivity index is 1.54. The van der Waals surface area contributed by atoms with Crippen LogP contribution < -0.4 is 14.8 Å². The monoisotopic (exact) mass is 484 g/mol. The van der Waals surface area contributed by atoms with Gasteiger partial charge in [0.1, 0.15) is 11.5 Å². The lowest BCUT2D eigenvalue weighted by Gasteiger charge is -2.10. The summed E-state index contributed by atoms with van der Waals surface area (Å²) in [6.45, 7) is -0.279. The van der Waals surface area contributed by atoms with Crippen molar-refractivity contribution in [2.75, 3.05) is 20.8 Å². The molecule has 1 amide bonds. The van der Waals surface area contributed by atoms with Gasteiger partial charge in [0.2, 0.25) is 0 Å². The summed E-state index contributed by atoms with van der Waals surface area (Å²) < 4.78 is 24.9. The zero-order chi connectivity index (χ0) is 23.5. The molecule has 2 aromatic heterocycles. The third-order valence-corrected chi connectivity index (χ3v) is 6.18. The molecular weight excluding hydrogens is 467 g/mol. The molecule has 4 rings (SSSR count). The van der Waals surface area contributed by atoms with Crippen molar-refractivity contribution >= 4 is 44.7 Å². The van der Waals surface area contributed by atoms with Gasteiger partial charge in [0.15, 0.2) is 17.3 Å². The lowest BCUT2D eigenvalue weighted by Crippen LogP contribution is -2.30. The van der Waals surface area contributed by atoms with Crippen LogP contribution in [0.25, 0.3) is 21.3 Å². The van der Waals surface area contributed by atoms with Gasteiger partial charge in [-0.2, -0.15) is 0 Å². The first-order valence-electron chi connectivity index (χ1n) is 9.78. The standard InChI is InChI=1S/C24H18ClFN2O4S/c1-31-21-7-6-13(8-22(21)32-2)24(30)27-11-20(29)19-10-14(25)9-18(28-19)16-12-33-23-15(16)4-3-5-17(23)26/h3-10,12H,11H2,1-2H3,(H,27,30). The Morgan fingerprint density at radius 3 is 2.64 bits per heavy atom. The van der Waals surface area contributed by atoms with Crippen molar-refractivity contribution in [3.63, 3.8) is 0 Å². The maximum Gasteiger partial charge on any atom is 0.251 e. The summed E-state index contributed by atoms with van der Waals surface area (Å²) in [5.74, 6) is -0.303. The molecule has 1 N–H and O–H groups in total. The van der Waals surface area contributed by atoms with Gasteiger partial charge in [-0.15, -0.1) is 11.3 Å². The van der Waals surface area contributed by atoms with Crippen molar-refractivity contribution in [1.82, 2.24) is 10.3 Å². The largest absolute Gasteiger partial charge is 0.493 e. The lowest BCUT2D eigenvalue weighted by molar-refractivity contribution is 0.0902. The Bertz CT molecular complexity index is 1370. The van der Waals surface area contributed by atoms with Crippen LogP contribution in [0.4, 0.5) is 4.39 Å². The summed E-state index contributed by atoms with van der Waals surface area (Å²) in [7, 11) is 2.97. The zero-order valence-corrected chi connectivity index (χ0v) is 19.2. The number of carbonyl (C=O) groups is 2. The number of pyridine rings is 1. The highest BCUT2D eigenvalue weighted by atomic mass is 35.5. The number of amides is 1. The van der Waals surface area contributed by atoms with E-state index >= 15 is 0 Å². The number of thiophene rings is 1. The van der Waals surface area contributed by atoms with E-state index in [9.17, 15) is 14.0 Å². The molecule has 0 fully saturated rings. The van der Waals surface area contributed by atoms with Crippen molar-refractivity contribution in [3.8, 4) is 22.8 Å². The van der Waals surface area contributed by atoms with Crippen LogP contribution >= 0.6 is 22.9 Å². The van der Waals surface area contributed by atoms with E-state index in [-0.39, 0.29) is 18.1 Å². The van der Waals surface area contributed by atoms with Crippen molar-refractivity contribution in [2.45, 2.75) is 0 Å². The van der Waals surface area contributed by atoms with E-state index in [1.165, 1.54) is 43.8 Å². The Morgan fingerprint density at radius 2 is 1.88 bits per heavy atom. The van der Waals surface area contributed by atoms with E-state index in [0.717, 1.165) is 0 Å². The van der Waals surface area contributed by atoms with Crippen LogP contribution in [0.5, 0.6) is 11.5 Å². The molecular formula is C24H18ClFN2O4S. The van der Waals surface area contributed by atoms with Gasteiger partial charge in [-0.3, -0.25) is 9.59 Å². The summed E-state index contributed by atoms with van der Waals surface area (Å²) in [5.41, 5.74) is 1.54. The first-order valence-corrected chi connectivity index (χ1v) is 11.0. The Hall–Kier alpha value is -3.49. The van der Waals surface area contributed by atoms with Gasteiger partial charge in [-0.05, 0) is 36.4 Å². The van der Waals surface area contributed by atoms with Crippen molar-refractivity contribution in [1.29, 1.82) is 0 Å². The number of carbonyl (C=O) groups excluding carboxylic acids is 2. The van der Waals surface area contributed by atoms with Crippen LogP contribution in [0, 0.1) is 5.82 Å². The van der Waals surface area contributed by atoms with Crippen molar-refractivity contribution < 1.29 is 23.5 Å². The highest BCUT2D eigenvalue weighted by molar-refractivity contribution is 7.17. The number of hydrogen-bond donors (Lipinski definition) is 1. The first-order chi connectivity index (χ1) is 15.9. The smallest absolute Gasteiger partial charge is 0.251 e. The highest BCUT2D eigenvalue weighted by Gasteiger charge is 2.17. The molecule has 6 nitrogen and oxygen atoms in total. The topological polar surface area (TPSA) is 77.5 Å². The minimum atomic E-state index is -0.453. The van der Waals surface area contributed by atoms with Crippen LogP contribution in [0.15, 0.2) is 53.9 Å². The molecule has 9 heteroatoms. The molecule has 168 valence electrons. The van der Waals surface area contributed by atoms with E-state index in [1.54, 1.807) is 35.7 Å². The number of ketones is 1. The molecule has 0 radical (unpaired) electrons. The number of halogens is 2. The summed E-state index contributed by atoms with van der Waals surface area (Å²) in [6.07, 6.45) is 0. The van der Waals surface area contributed by atoms with Gasteiger partial charge in [-0.1, -0.05) is 23.7 Å². The minimum absolute atomic E-state index is 0.0980. The normalized spacial score (nSPS) is 10.8. The number of rotatable bonds is 7. The molecule has 0 saturated heterocycles. The predicted molar refractivity (Wildman–Crippen MR) is 126 cm³/mol. The molecule has 0 bridgehead atoms. The van der Waals surface area contributed by atoms with E-state index in [1.807, 2.05) is 0 Å². The fourth-order valence-corrected chi connectivity index (χ4v) is 4.50. The molecule has 0 aliphatic carbocycles. The molecule has 2 aromatic carbocycles. The Morgan fingerprint density at radius 1 is 1.09 bits per heavy atom. The Labute approximate surface area is 197 Å².